The van der Waals surface area contributed by atoms with Gasteiger partial charge in [0.1, 0.15) is 11.6 Å². The SMILES string of the molecule is CCCNc1ncc(CSc2nc(N)cc(N)n2)s1. The molecule has 0 aliphatic heterocycles. The van der Waals surface area contributed by atoms with E-state index in [1.807, 2.05) is 6.20 Å². The predicted molar refractivity (Wildman–Crippen MR) is 81.3 cm³/mol. The largest absolute Gasteiger partial charge is 0.383 e. The highest BCUT2D eigenvalue weighted by molar-refractivity contribution is 7.98. The molecule has 2 heterocycles. The van der Waals surface area contributed by atoms with Crippen molar-refractivity contribution in [3.8, 4) is 0 Å². The molecule has 0 radical (unpaired) electrons. The van der Waals surface area contributed by atoms with Crippen molar-refractivity contribution >= 4 is 39.9 Å². The zero-order valence-corrected chi connectivity index (χ0v) is 12.2. The van der Waals surface area contributed by atoms with E-state index in [4.69, 9.17) is 11.5 Å². The average molecular weight is 296 g/mol. The molecule has 5 N–H and O–H groups in total. The number of rotatable bonds is 6. The van der Waals surface area contributed by atoms with Crippen LogP contribution >= 0.6 is 23.1 Å². The van der Waals surface area contributed by atoms with Gasteiger partial charge in [0, 0.05) is 29.4 Å². The summed E-state index contributed by atoms with van der Waals surface area (Å²) in [5.41, 5.74) is 11.2. The van der Waals surface area contributed by atoms with Gasteiger partial charge >= 0.3 is 0 Å². The zero-order valence-electron chi connectivity index (χ0n) is 10.6. The van der Waals surface area contributed by atoms with Crippen LogP contribution in [0.1, 0.15) is 18.2 Å². The lowest BCUT2D eigenvalue weighted by Crippen LogP contribution is -1.99. The Bertz CT molecular complexity index is 521. The van der Waals surface area contributed by atoms with Gasteiger partial charge in [-0.15, -0.1) is 11.3 Å². The summed E-state index contributed by atoms with van der Waals surface area (Å²) in [6.07, 6.45) is 2.95. The summed E-state index contributed by atoms with van der Waals surface area (Å²) >= 11 is 3.14. The van der Waals surface area contributed by atoms with E-state index in [9.17, 15) is 0 Å². The van der Waals surface area contributed by atoms with Crippen LogP contribution in [0.3, 0.4) is 0 Å². The van der Waals surface area contributed by atoms with Crippen LogP contribution in [0.15, 0.2) is 17.4 Å². The molecule has 0 saturated heterocycles. The van der Waals surface area contributed by atoms with Crippen LogP contribution in [-0.4, -0.2) is 21.5 Å². The van der Waals surface area contributed by atoms with Crippen molar-refractivity contribution < 1.29 is 0 Å². The molecule has 0 aliphatic carbocycles. The monoisotopic (exact) mass is 296 g/mol. The second-order valence-electron chi connectivity index (χ2n) is 3.85. The van der Waals surface area contributed by atoms with Gasteiger partial charge in [0.15, 0.2) is 10.3 Å². The van der Waals surface area contributed by atoms with Gasteiger partial charge in [0.25, 0.3) is 0 Å². The summed E-state index contributed by atoms with van der Waals surface area (Å²) in [7, 11) is 0. The Morgan fingerprint density at radius 3 is 2.74 bits per heavy atom. The highest BCUT2D eigenvalue weighted by atomic mass is 32.2. The molecule has 0 atom stereocenters. The maximum atomic E-state index is 5.62. The smallest absolute Gasteiger partial charge is 0.191 e. The van der Waals surface area contributed by atoms with Gasteiger partial charge in [0.2, 0.25) is 0 Å². The fourth-order valence-electron chi connectivity index (χ4n) is 1.35. The summed E-state index contributed by atoms with van der Waals surface area (Å²) in [4.78, 5) is 13.7. The van der Waals surface area contributed by atoms with Crippen molar-refractivity contribution in [2.45, 2.75) is 24.3 Å². The second-order valence-corrected chi connectivity index (χ2v) is 5.91. The van der Waals surface area contributed by atoms with Gasteiger partial charge in [0.05, 0.1) is 0 Å². The van der Waals surface area contributed by atoms with E-state index in [0.717, 1.165) is 28.7 Å². The van der Waals surface area contributed by atoms with Crippen LogP contribution in [0.2, 0.25) is 0 Å². The summed E-state index contributed by atoms with van der Waals surface area (Å²) in [6, 6.07) is 1.55. The maximum absolute atomic E-state index is 5.62. The number of hydrogen-bond donors (Lipinski definition) is 3. The summed E-state index contributed by atoms with van der Waals surface area (Å²) in [6.45, 7) is 3.06. The highest BCUT2D eigenvalue weighted by Crippen LogP contribution is 2.26. The molecule has 0 saturated carbocycles. The quantitative estimate of drug-likeness (QED) is 0.554. The van der Waals surface area contributed by atoms with Crippen LogP contribution < -0.4 is 16.8 Å². The molecule has 0 aliphatic rings. The molecule has 8 heteroatoms. The van der Waals surface area contributed by atoms with Crippen LogP contribution in [0.4, 0.5) is 16.8 Å². The molecule has 0 spiro atoms. The number of nitrogens with one attached hydrogen (secondary N) is 1. The highest BCUT2D eigenvalue weighted by Gasteiger charge is 2.05. The molecule has 2 aromatic rings. The predicted octanol–water partition coefficient (Wildman–Crippen LogP) is 2.21. The fourth-order valence-corrected chi connectivity index (χ4v) is 3.08. The van der Waals surface area contributed by atoms with Gasteiger partial charge in [-0.1, -0.05) is 18.7 Å². The van der Waals surface area contributed by atoms with Crippen molar-refractivity contribution in [3.63, 3.8) is 0 Å². The van der Waals surface area contributed by atoms with Gasteiger partial charge in [-0.25, -0.2) is 15.0 Å². The Hall–Kier alpha value is -1.54. The molecule has 0 fully saturated rings. The Kier molecular flexibility index (Phi) is 4.80. The summed E-state index contributed by atoms with van der Waals surface area (Å²) in [5.74, 6) is 1.54. The van der Waals surface area contributed by atoms with E-state index in [0.29, 0.717) is 16.8 Å². The van der Waals surface area contributed by atoms with Crippen LogP contribution in [0.25, 0.3) is 0 Å². The Labute approximate surface area is 120 Å². The molecule has 0 amide bonds. The number of thioether (sulfide) groups is 1. The minimum atomic E-state index is 0.393. The third-order valence-corrected chi connectivity index (χ3v) is 4.20. The van der Waals surface area contributed by atoms with Crippen molar-refractivity contribution in [1.82, 2.24) is 15.0 Å². The van der Waals surface area contributed by atoms with E-state index < -0.39 is 0 Å². The molecule has 0 aromatic carbocycles. The van der Waals surface area contributed by atoms with Crippen molar-refractivity contribution in [2.75, 3.05) is 23.3 Å². The molecule has 0 bridgehead atoms. The Balaban J connectivity index is 1.92. The first-order chi connectivity index (χ1) is 9.17. The molecule has 0 unspecified atom stereocenters. The van der Waals surface area contributed by atoms with Gasteiger partial charge in [-0.05, 0) is 6.42 Å². The second kappa shape index (κ2) is 6.58. The molecule has 2 rings (SSSR count). The van der Waals surface area contributed by atoms with Gasteiger partial charge < -0.3 is 16.8 Å². The molecule has 102 valence electrons. The number of anilines is 3. The van der Waals surface area contributed by atoms with Crippen LogP contribution in [0, 0.1) is 0 Å². The minimum Gasteiger partial charge on any atom is -0.383 e. The molecular formula is C11H16N6S2. The lowest BCUT2D eigenvalue weighted by molar-refractivity contribution is 0.976. The molecule has 19 heavy (non-hydrogen) atoms. The number of aromatic nitrogens is 3. The summed E-state index contributed by atoms with van der Waals surface area (Å²) < 4.78 is 0. The van der Waals surface area contributed by atoms with E-state index in [1.54, 1.807) is 17.4 Å². The van der Waals surface area contributed by atoms with Crippen molar-refractivity contribution in [3.05, 3.63) is 17.1 Å². The van der Waals surface area contributed by atoms with Gasteiger partial charge in [-0.3, -0.25) is 0 Å². The lowest BCUT2D eigenvalue weighted by atomic mass is 10.5. The van der Waals surface area contributed by atoms with Crippen molar-refractivity contribution in [1.29, 1.82) is 0 Å². The van der Waals surface area contributed by atoms with E-state index >= 15 is 0 Å². The fraction of sp³-hybridized carbons (Fsp3) is 0.364. The topological polar surface area (TPSA) is 103 Å². The van der Waals surface area contributed by atoms with Crippen LogP contribution in [0.5, 0.6) is 0 Å². The minimum absolute atomic E-state index is 0.393. The average Bonchev–Trinajstić information content (AvgIpc) is 2.81. The Morgan fingerprint density at radius 2 is 2.05 bits per heavy atom. The third kappa shape index (κ3) is 4.25. The Morgan fingerprint density at radius 1 is 1.32 bits per heavy atom. The van der Waals surface area contributed by atoms with E-state index in [-0.39, 0.29) is 0 Å². The molecule has 6 nitrogen and oxygen atoms in total. The van der Waals surface area contributed by atoms with Gasteiger partial charge in [-0.2, -0.15) is 0 Å². The first-order valence-electron chi connectivity index (χ1n) is 5.88. The van der Waals surface area contributed by atoms with Crippen molar-refractivity contribution in [2.24, 2.45) is 0 Å². The maximum Gasteiger partial charge on any atom is 0.191 e. The van der Waals surface area contributed by atoms with E-state index in [1.165, 1.54) is 11.8 Å². The molecule has 2 aromatic heterocycles. The van der Waals surface area contributed by atoms with Crippen LogP contribution in [-0.2, 0) is 5.75 Å². The standard InChI is InChI=1S/C11H16N6S2/c1-2-3-14-10-15-5-7(19-10)6-18-11-16-8(12)4-9(13)17-11/h4-5H,2-3,6H2,1H3,(H,14,15)(H4,12,13,16,17). The molecular weight excluding hydrogens is 280 g/mol. The lowest BCUT2D eigenvalue weighted by Gasteiger charge is -2.01. The number of thiazole rings is 1. The van der Waals surface area contributed by atoms with E-state index in [2.05, 4.69) is 27.2 Å². The summed E-state index contributed by atoms with van der Waals surface area (Å²) in [5, 5.41) is 4.80. The normalized spacial score (nSPS) is 10.6. The first-order valence-corrected chi connectivity index (χ1v) is 7.69. The number of hydrogen-bond acceptors (Lipinski definition) is 8. The number of nitrogens with two attached hydrogens (primary N) is 2. The zero-order chi connectivity index (χ0) is 13.7. The number of nitrogens with zero attached hydrogens (tertiary/aromatic N) is 3. The first kappa shape index (κ1) is 13.9. The number of nitrogen functional groups attached to an aromatic ring is 2. The third-order valence-electron chi connectivity index (χ3n) is 2.17.